The van der Waals surface area contributed by atoms with Gasteiger partial charge in [-0.1, -0.05) is 53.2 Å². The molecule has 0 aliphatic heterocycles. The Balaban J connectivity index is 2.26. The van der Waals surface area contributed by atoms with Crippen LogP contribution in [0.25, 0.3) is 0 Å². The second kappa shape index (κ2) is 10.0. The van der Waals surface area contributed by atoms with E-state index in [-0.39, 0.29) is 5.91 Å². The summed E-state index contributed by atoms with van der Waals surface area (Å²) in [5.74, 6) is -0.254. The summed E-state index contributed by atoms with van der Waals surface area (Å²) in [5.41, 5.74) is 2.26. The molecule has 0 spiro atoms. The highest BCUT2D eigenvalue weighted by atomic mass is 79.9. The van der Waals surface area contributed by atoms with E-state index < -0.39 is 8.07 Å². The van der Waals surface area contributed by atoms with Crippen LogP contribution < -0.4 is 0 Å². The Kier molecular flexibility index (Phi) is 8.26. The van der Waals surface area contributed by atoms with Crippen molar-refractivity contribution in [1.82, 2.24) is 14.8 Å². The predicted molar refractivity (Wildman–Crippen MR) is 117 cm³/mol. The van der Waals surface area contributed by atoms with Gasteiger partial charge in [-0.25, -0.2) is 9.75 Å². The van der Waals surface area contributed by atoms with Crippen LogP contribution in [0.2, 0.25) is 30.7 Å². The molecule has 1 aromatic heterocycles. The molecule has 0 N–H and O–H groups in total. The number of hydrogen-bond donors (Lipinski definition) is 0. The molecule has 0 atom stereocenters. The lowest BCUT2D eigenvalue weighted by Gasteiger charge is -2.17. The zero-order valence-corrected chi connectivity index (χ0v) is 20.3. The van der Waals surface area contributed by atoms with E-state index in [9.17, 15) is 4.79 Å². The molecular formula is C19H27BrClN3O3Si. The molecule has 0 fully saturated rings. The summed E-state index contributed by atoms with van der Waals surface area (Å²) in [5, 5.41) is 6.23. The number of ether oxygens (including phenoxy) is 1. The number of rotatable bonds is 9. The van der Waals surface area contributed by atoms with Crippen molar-refractivity contribution in [1.29, 1.82) is 0 Å². The van der Waals surface area contributed by atoms with E-state index in [0.717, 1.165) is 21.8 Å². The average molecular weight is 489 g/mol. The van der Waals surface area contributed by atoms with Crippen LogP contribution in [0.1, 0.15) is 21.6 Å². The third-order valence-electron chi connectivity index (χ3n) is 4.32. The molecule has 0 saturated carbocycles. The van der Waals surface area contributed by atoms with E-state index >= 15 is 0 Å². The van der Waals surface area contributed by atoms with Gasteiger partial charge in [-0.3, -0.25) is 9.63 Å². The van der Waals surface area contributed by atoms with Crippen LogP contribution in [0.3, 0.4) is 0 Å². The summed E-state index contributed by atoms with van der Waals surface area (Å²) >= 11 is 9.60. The SMILES string of the molecule is CON(C)C(=O)c1cnn(COCC[Si](C)(C)C)c1Cc1ccc(Cl)cc1Br. The summed E-state index contributed by atoms with van der Waals surface area (Å²) in [4.78, 5) is 17.7. The summed E-state index contributed by atoms with van der Waals surface area (Å²) in [7, 11) is 1.87. The molecule has 0 aliphatic rings. The van der Waals surface area contributed by atoms with E-state index in [4.69, 9.17) is 21.2 Å². The van der Waals surface area contributed by atoms with E-state index in [1.54, 1.807) is 17.9 Å². The zero-order chi connectivity index (χ0) is 20.9. The number of hydrogen-bond acceptors (Lipinski definition) is 4. The van der Waals surface area contributed by atoms with Gasteiger partial charge in [0, 0.05) is 37.6 Å². The molecule has 28 heavy (non-hydrogen) atoms. The van der Waals surface area contributed by atoms with Crippen molar-refractivity contribution in [2.24, 2.45) is 0 Å². The number of benzene rings is 1. The lowest BCUT2D eigenvalue weighted by Crippen LogP contribution is -2.26. The van der Waals surface area contributed by atoms with Crippen molar-refractivity contribution < 1.29 is 14.4 Å². The van der Waals surface area contributed by atoms with Gasteiger partial charge < -0.3 is 4.74 Å². The van der Waals surface area contributed by atoms with E-state index in [1.807, 2.05) is 18.2 Å². The number of halogens is 2. The summed E-state index contributed by atoms with van der Waals surface area (Å²) in [6, 6.07) is 6.68. The first-order chi connectivity index (χ1) is 13.1. The molecule has 1 amide bonds. The summed E-state index contributed by atoms with van der Waals surface area (Å²) < 4.78 is 8.47. The minimum absolute atomic E-state index is 0.254. The molecule has 0 aliphatic carbocycles. The van der Waals surface area contributed by atoms with E-state index in [1.165, 1.54) is 12.2 Å². The number of carbonyl (C=O) groups excluding carboxylic acids is 1. The van der Waals surface area contributed by atoms with Crippen LogP contribution in [-0.4, -0.2) is 49.6 Å². The number of aromatic nitrogens is 2. The van der Waals surface area contributed by atoms with Crippen LogP contribution in [0.4, 0.5) is 0 Å². The molecule has 154 valence electrons. The molecule has 1 aromatic carbocycles. The molecule has 0 saturated heterocycles. The van der Waals surface area contributed by atoms with Crippen molar-refractivity contribution in [3.8, 4) is 0 Å². The number of amides is 1. The lowest BCUT2D eigenvalue weighted by atomic mass is 10.1. The molecule has 0 unspecified atom stereocenters. The van der Waals surface area contributed by atoms with Crippen molar-refractivity contribution in [2.45, 2.75) is 38.8 Å². The smallest absolute Gasteiger partial charge is 0.280 e. The van der Waals surface area contributed by atoms with Crippen LogP contribution in [0.15, 0.2) is 28.9 Å². The first-order valence-electron chi connectivity index (χ1n) is 9.01. The maximum absolute atomic E-state index is 12.7. The Morgan fingerprint density at radius 1 is 1.36 bits per heavy atom. The third kappa shape index (κ3) is 6.42. The van der Waals surface area contributed by atoms with Crippen LogP contribution in [0.5, 0.6) is 0 Å². The van der Waals surface area contributed by atoms with Gasteiger partial charge in [-0.15, -0.1) is 0 Å². The van der Waals surface area contributed by atoms with Gasteiger partial charge in [-0.05, 0) is 23.7 Å². The van der Waals surface area contributed by atoms with E-state index in [0.29, 0.717) is 30.3 Å². The summed E-state index contributed by atoms with van der Waals surface area (Å²) in [6.07, 6.45) is 2.08. The second-order valence-electron chi connectivity index (χ2n) is 7.75. The fraction of sp³-hybridized carbons (Fsp3) is 0.474. The minimum atomic E-state index is -1.17. The van der Waals surface area contributed by atoms with Crippen LogP contribution >= 0.6 is 27.5 Å². The molecule has 2 rings (SSSR count). The summed E-state index contributed by atoms with van der Waals surface area (Å²) in [6.45, 7) is 7.91. The molecule has 0 radical (unpaired) electrons. The van der Waals surface area contributed by atoms with Crippen LogP contribution in [0, 0.1) is 0 Å². The van der Waals surface area contributed by atoms with Crippen molar-refractivity contribution >= 4 is 41.5 Å². The lowest BCUT2D eigenvalue weighted by molar-refractivity contribution is -0.0757. The Labute approximate surface area is 180 Å². The van der Waals surface area contributed by atoms with Gasteiger partial charge in [0.2, 0.25) is 0 Å². The number of hydroxylamine groups is 2. The highest BCUT2D eigenvalue weighted by molar-refractivity contribution is 9.10. The quantitative estimate of drug-likeness (QED) is 0.288. The molecule has 6 nitrogen and oxygen atoms in total. The molecule has 1 heterocycles. The third-order valence-corrected chi connectivity index (χ3v) is 7.00. The Bertz CT molecular complexity index is 823. The van der Waals surface area contributed by atoms with Crippen molar-refractivity contribution in [2.75, 3.05) is 20.8 Å². The average Bonchev–Trinajstić information content (AvgIpc) is 3.01. The second-order valence-corrected chi connectivity index (χ2v) is 14.7. The first kappa shape index (κ1) is 23.1. The maximum atomic E-state index is 12.7. The number of nitrogens with zero attached hydrogens (tertiary/aromatic N) is 3. The zero-order valence-electron chi connectivity index (χ0n) is 17.0. The minimum Gasteiger partial charge on any atom is -0.360 e. The maximum Gasteiger partial charge on any atom is 0.280 e. The first-order valence-corrected chi connectivity index (χ1v) is 13.9. The largest absolute Gasteiger partial charge is 0.360 e. The molecular weight excluding hydrogens is 462 g/mol. The molecule has 2 aromatic rings. The normalized spacial score (nSPS) is 11.7. The fourth-order valence-corrected chi connectivity index (χ4v) is 4.09. The Morgan fingerprint density at radius 2 is 2.07 bits per heavy atom. The van der Waals surface area contributed by atoms with Crippen molar-refractivity contribution in [3.05, 3.63) is 50.7 Å². The Morgan fingerprint density at radius 3 is 2.68 bits per heavy atom. The molecule has 9 heteroatoms. The standard InChI is InChI=1S/C19H27BrClN3O3Si/c1-23(26-2)19(25)16-12-22-24(13-27-8-9-28(3,4)5)18(16)10-14-6-7-15(21)11-17(14)20/h6-7,11-12H,8-10,13H2,1-5H3. The van der Waals surface area contributed by atoms with Crippen LogP contribution in [-0.2, 0) is 22.7 Å². The topological polar surface area (TPSA) is 56.6 Å². The number of carbonyl (C=O) groups is 1. The van der Waals surface area contributed by atoms with Crippen molar-refractivity contribution in [3.63, 3.8) is 0 Å². The van der Waals surface area contributed by atoms with Gasteiger partial charge in [0.1, 0.15) is 6.73 Å². The monoisotopic (exact) mass is 487 g/mol. The van der Waals surface area contributed by atoms with Gasteiger partial charge >= 0.3 is 0 Å². The van der Waals surface area contributed by atoms with Gasteiger partial charge in [-0.2, -0.15) is 5.10 Å². The molecule has 0 bridgehead atoms. The fourth-order valence-electron chi connectivity index (χ4n) is 2.51. The van der Waals surface area contributed by atoms with E-state index in [2.05, 4.69) is 40.7 Å². The highest BCUT2D eigenvalue weighted by Crippen LogP contribution is 2.25. The Hall–Kier alpha value is -1.19. The van der Waals surface area contributed by atoms with Gasteiger partial charge in [0.15, 0.2) is 0 Å². The van der Waals surface area contributed by atoms with Gasteiger partial charge in [0.05, 0.1) is 24.6 Å². The van der Waals surface area contributed by atoms with Gasteiger partial charge in [0.25, 0.3) is 5.91 Å². The highest BCUT2D eigenvalue weighted by Gasteiger charge is 2.22. The predicted octanol–water partition coefficient (Wildman–Crippen LogP) is 4.84.